The molecule has 0 aliphatic rings. The predicted molar refractivity (Wildman–Crippen MR) is 116 cm³/mol. The van der Waals surface area contributed by atoms with Gasteiger partial charge in [0.15, 0.2) is 0 Å². The number of ether oxygens (including phenoxy) is 1. The quantitative estimate of drug-likeness (QED) is 0.258. The first-order valence-corrected chi connectivity index (χ1v) is 9.73. The SMILES string of the molecule is O=C(Oc1ccc(-c2ccccc2)cc1Br)c1ccc(-c2ccccc2)cc1. The van der Waals surface area contributed by atoms with Crippen LogP contribution >= 0.6 is 15.9 Å². The van der Waals surface area contributed by atoms with Gasteiger partial charge in [-0.1, -0.05) is 78.9 Å². The Morgan fingerprint density at radius 2 is 1.11 bits per heavy atom. The highest BCUT2D eigenvalue weighted by Crippen LogP contribution is 2.31. The third kappa shape index (κ3) is 4.05. The smallest absolute Gasteiger partial charge is 0.343 e. The lowest BCUT2D eigenvalue weighted by Crippen LogP contribution is -2.08. The van der Waals surface area contributed by atoms with E-state index in [2.05, 4.69) is 15.9 Å². The van der Waals surface area contributed by atoms with E-state index in [1.807, 2.05) is 91.0 Å². The van der Waals surface area contributed by atoms with E-state index in [0.717, 1.165) is 26.7 Å². The van der Waals surface area contributed by atoms with Crippen molar-refractivity contribution in [2.75, 3.05) is 0 Å². The Labute approximate surface area is 172 Å². The number of rotatable bonds is 4. The van der Waals surface area contributed by atoms with Crippen molar-refractivity contribution in [3.05, 3.63) is 113 Å². The highest BCUT2D eigenvalue weighted by molar-refractivity contribution is 9.10. The molecule has 0 aliphatic carbocycles. The van der Waals surface area contributed by atoms with E-state index in [9.17, 15) is 4.79 Å². The molecule has 0 saturated carbocycles. The molecule has 4 rings (SSSR count). The Bertz CT molecular complexity index is 1090. The molecule has 0 heterocycles. The molecular formula is C25H17BrO2. The van der Waals surface area contributed by atoms with Crippen LogP contribution < -0.4 is 4.74 Å². The van der Waals surface area contributed by atoms with Crippen LogP contribution in [0.15, 0.2) is 108 Å². The Kier molecular flexibility index (Phi) is 5.36. The van der Waals surface area contributed by atoms with Crippen molar-refractivity contribution in [1.29, 1.82) is 0 Å². The molecule has 0 amide bonds. The molecule has 28 heavy (non-hydrogen) atoms. The van der Waals surface area contributed by atoms with E-state index in [1.165, 1.54) is 0 Å². The highest BCUT2D eigenvalue weighted by Gasteiger charge is 2.12. The molecule has 0 fully saturated rings. The topological polar surface area (TPSA) is 26.3 Å². The summed E-state index contributed by atoms with van der Waals surface area (Å²) in [5.41, 5.74) is 4.85. The molecule has 0 aromatic heterocycles. The van der Waals surface area contributed by atoms with Crippen LogP contribution in [0.2, 0.25) is 0 Å². The fourth-order valence-corrected chi connectivity index (χ4v) is 3.44. The summed E-state index contributed by atoms with van der Waals surface area (Å²) in [5.74, 6) is 0.115. The molecule has 4 aromatic carbocycles. The molecule has 4 aromatic rings. The average molecular weight is 429 g/mol. The van der Waals surface area contributed by atoms with Gasteiger partial charge in [0.2, 0.25) is 0 Å². The van der Waals surface area contributed by atoms with Crippen LogP contribution in [0.3, 0.4) is 0 Å². The minimum atomic E-state index is -0.382. The van der Waals surface area contributed by atoms with Crippen LogP contribution in [0.1, 0.15) is 10.4 Å². The predicted octanol–water partition coefficient (Wildman–Crippen LogP) is 7.00. The van der Waals surface area contributed by atoms with E-state index >= 15 is 0 Å². The minimum Gasteiger partial charge on any atom is -0.422 e. The van der Waals surface area contributed by atoms with E-state index in [4.69, 9.17) is 4.74 Å². The largest absolute Gasteiger partial charge is 0.422 e. The summed E-state index contributed by atoms with van der Waals surface area (Å²) in [7, 11) is 0. The van der Waals surface area contributed by atoms with Crippen molar-refractivity contribution in [1.82, 2.24) is 0 Å². The molecule has 0 bridgehead atoms. The van der Waals surface area contributed by atoms with Crippen molar-refractivity contribution < 1.29 is 9.53 Å². The molecule has 0 radical (unpaired) electrons. The molecule has 0 unspecified atom stereocenters. The fourth-order valence-electron chi connectivity index (χ4n) is 2.98. The van der Waals surface area contributed by atoms with Gasteiger partial charge in [-0.25, -0.2) is 4.79 Å². The molecule has 0 aliphatic heterocycles. The lowest BCUT2D eigenvalue weighted by atomic mass is 10.0. The first-order valence-electron chi connectivity index (χ1n) is 8.93. The highest BCUT2D eigenvalue weighted by atomic mass is 79.9. The van der Waals surface area contributed by atoms with Gasteiger partial charge in [0, 0.05) is 0 Å². The minimum absolute atomic E-state index is 0.382. The van der Waals surface area contributed by atoms with Crippen LogP contribution in [-0.4, -0.2) is 5.97 Å². The number of carbonyl (C=O) groups is 1. The Morgan fingerprint density at radius 1 is 0.607 bits per heavy atom. The molecule has 0 saturated heterocycles. The number of halogens is 1. The van der Waals surface area contributed by atoms with Crippen molar-refractivity contribution in [2.24, 2.45) is 0 Å². The molecule has 0 atom stereocenters. The van der Waals surface area contributed by atoms with Gasteiger partial charge in [-0.3, -0.25) is 0 Å². The number of carbonyl (C=O) groups excluding carboxylic acids is 1. The zero-order valence-electron chi connectivity index (χ0n) is 15.0. The molecule has 3 heteroatoms. The second-order valence-corrected chi connectivity index (χ2v) is 7.20. The van der Waals surface area contributed by atoms with Crippen molar-refractivity contribution >= 4 is 21.9 Å². The average Bonchev–Trinajstić information content (AvgIpc) is 2.76. The summed E-state index contributed by atoms with van der Waals surface area (Å²) < 4.78 is 6.32. The van der Waals surface area contributed by atoms with Gasteiger partial charge in [0.1, 0.15) is 5.75 Å². The number of hydrogen-bond acceptors (Lipinski definition) is 2. The van der Waals surface area contributed by atoms with Crippen molar-refractivity contribution in [3.8, 4) is 28.0 Å². The summed E-state index contributed by atoms with van der Waals surface area (Å²) in [4.78, 5) is 12.5. The maximum absolute atomic E-state index is 12.5. The van der Waals surface area contributed by atoms with Gasteiger partial charge in [-0.15, -0.1) is 0 Å². The Morgan fingerprint density at radius 3 is 1.68 bits per heavy atom. The summed E-state index contributed by atoms with van der Waals surface area (Å²) in [6.45, 7) is 0. The van der Waals surface area contributed by atoms with Crippen LogP contribution in [-0.2, 0) is 0 Å². The Balaban J connectivity index is 1.50. The molecular weight excluding hydrogens is 412 g/mol. The zero-order valence-corrected chi connectivity index (χ0v) is 16.6. The first kappa shape index (κ1) is 18.2. The summed E-state index contributed by atoms with van der Waals surface area (Å²) in [6, 6.07) is 33.3. The van der Waals surface area contributed by atoms with Gasteiger partial charge in [0.25, 0.3) is 0 Å². The van der Waals surface area contributed by atoms with Gasteiger partial charge >= 0.3 is 5.97 Å². The Hall–Kier alpha value is -3.17. The van der Waals surface area contributed by atoms with E-state index in [1.54, 1.807) is 12.1 Å². The first-order chi connectivity index (χ1) is 13.7. The van der Waals surface area contributed by atoms with Gasteiger partial charge in [-0.2, -0.15) is 0 Å². The molecule has 136 valence electrons. The lowest BCUT2D eigenvalue weighted by molar-refractivity contribution is 0.0733. The van der Waals surface area contributed by atoms with Crippen LogP contribution in [0.5, 0.6) is 5.75 Å². The molecule has 0 N–H and O–H groups in total. The van der Waals surface area contributed by atoms with Crippen LogP contribution in [0.4, 0.5) is 0 Å². The summed E-state index contributed by atoms with van der Waals surface area (Å²) in [6.07, 6.45) is 0. The van der Waals surface area contributed by atoms with Crippen molar-refractivity contribution in [2.45, 2.75) is 0 Å². The number of benzene rings is 4. The van der Waals surface area contributed by atoms with Gasteiger partial charge < -0.3 is 4.74 Å². The number of esters is 1. The van der Waals surface area contributed by atoms with E-state index < -0.39 is 0 Å². The van der Waals surface area contributed by atoms with Crippen LogP contribution in [0.25, 0.3) is 22.3 Å². The normalized spacial score (nSPS) is 10.5. The third-order valence-corrected chi connectivity index (χ3v) is 5.09. The lowest BCUT2D eigenvalue weighted by Gasteiger charge is -2.09. The molecule has 2 nitrogen and oxygen atoms in total. The third-order valence-electron chi connectivity index (χ3n) is 4.47. The second kappa shape index (κ2) is 8.24. The number of hydrogen-bond donors (Lipinski definition) is 0. The monoisotopic (exact) mass is 428 g/mol. The van der Waals surface area contributed by atoms with Gasteiger partial charge in [0.05, 0.1) is 10.0 Å². The summed E-state index contributed by atoms with van der Waals surface area (Å²) in [5, 5.41) is 0. The van der Waals surface area contributed by atoms with Gasteiger partial charge in [-0.05, 0) is 62.4 Å². The molecule has 0 spiro atoms. The summed E-state index contributed by atoms with van der Waals surface area (Å²) >= 11 is 3.51. The van der Waals surface area contributed by atoms with E-state index in [0.29, 0.717) is 11.3 Å². The van der Waals surface area contributed by atoms with E-state index in [-0.39, 0.29) is 5.97 Å². The zero-order chi connectivity index (χ0) is 19.3. The fraction of sp³-hybridized carbons (Fsp3) is 0. The second-order valence-electron chi connectivity index (χ2n) is 6.34. The standard InChI is InChI=1S/C25H17BrO2/c26-23-17-22(19-9-5-2-6-10-19)15-16-24(23)28-25(27)21-13-11-20(12-14-21)18-7-3-1-4-8-18/h1-17H. The maximum atomic E-state index is 12.5. The maximum Gasteiger partial charge on any atom is 0.343 e. The van der Waals surface area contributed by atoms with Crippen molar-refractivity contribution in [3.63, 3.8) is 0 Å². The van der Waals surface area contributed by atoms with Crippen LogP contribution in [0, 0.1) is 0 Å².